The van der Waals surface area contributed by atoms with Crippen LogP contribution in [0.3, 0.4) is 0 Å². The second kappa shape index (κ2) is 14.5. The number of rotatable bonds is 11. The fourth-order valence-corrected chi connectivity index (χ4v) is 4.93. The van der Waals surface area contributed by atoms with Gasteiger partial charge in [0.25, 0.3) is 0 Å². The Morgan fingerprint density at radius 1 is 0.553 bits per heavy atom. The van der Waals surface area contributed by atoms with E-state index in [0.29, 0.717) is 29.2 Å². The Labute approximate surface area is 276 Å². The summed E-state index contributed by atoms with van der Waals surface area (Å²) in [5.41, 5.74) is 9.27. The van der Waals surface area contributed by atoms with Crippen LogP contribution >= 0.6 is 0 Å². The maximum atomic E-state index is 11.9. The molecule has 0 saturated heterocycles. The number of hydrogen-bond acceptors (Lipinski definition) is 6. The molecule has 0 aromatic heterocycles. The van der Waals surface area contributed by atoms with Crippen molar-refractivity contribution in [2.24, 2.45) is 0 Å². The molecule has 6 nitrogen and oxygen atoms in total. The Morgan fingerprint density at radius 2 is 0.936 bits per heavy atom. The van der Waals surface area contributed by atoms with Crippen molar-refractivity contribution in [3.63, 3.8) is 0 Å². The molecule has 0 aliphatic rings. The lowest BCUT2D eigenvalue weighted by Crippen LogP contribution is -2.17. The Balaban J connectivity index is 1.40. The smallest absolute Gasteiger partial charge is 0.338 e. The lowest BCUT2D eigenvalue weighted by atomic mass is 10.0. The van der Waals surface area contributed by atoms with Crippen molar-refractivity contribution in [3.8, 4) is 33.8 Å². The molecule has 0 spiro atoms. The number of carbonyl (C=O) groups is 2. The van der Waals surface area contributed by atoms with E-state index in [9.17, 15) is 9.59 Å². The van der Waals surface area contributed by atoms with Crippen LogP contribution in [0, 0.1) is 0 Å². The predicted molar refractivity (Wildman–Crippen MR) is 191 cm³/mol. The molecule has 236 valence electrons. The summed E-state index contributed by atoms with van der Waals surface area (Å²) in [7, 11) is 4.09. The minimum Gasteiger partial charge on any atom is -0.423 e. The molecule has 0 radical (unpaired) electrons. The first-order valence-corrected chi connectivity index (χ1v) is 15.3. The number of carbonyl (C=O) groups excluding carboxylic acids is 2. The summed E-state index contributed by atoms with van der Waals surface area (Å²) < 4.78 is 10.7. The van der Waals surface area contributed by atoms with Gasteiger partial charge in [-0.15, -0.1) is 0 Å². The van der Waals surface area contributed by atoms with Gasteiger partial charge in [-0.3, -0.25) is 0 Å². The standard InChI is InChI=1S/C41H38N2O4/c1-28(2)40(44)46-38-22-14-33(15-23-38)31-10-18-35(19-11-31)43(27-30-8-7-9-37(26-30)42(5)6)36-20-12-32(13-21-36)34-16-24-39(25-17-34)47-41(45)29(3)4/h7-26H,1,3,27H2,2,4-6H3. The minimum absolute atomic E-state index is 0.356. The quantitative estimate of drug-likeness (QED) is 0.0831. The van der Waals surface area contributed by atoms with E-state index in [2.05, 4.69) is 95.8 Å². The molecule has 5 aromatic carbocycles. The van der Waals surface area contributed by atoms with E-state index >= 15 is 0 Å². The van der Waals surface area contributed by atoms with Crippen molar-refractivity contribution in [2.75, 3.05) is 23.9 Å². The lowest BCUT2D eigenvalue weighted by molar-refractivity contribution is -0.130. The Bertz CT molecular complexity index is 1780. The number of anilines is 3. The Morgan fingerprint density at radius 3 is 1.30 bits per heavy atom. The van der Waals surface area contributed by atoms with Crippen LogP contribution in [-0.2, 0) is 16.1 Å². The molecule has 5 aromatic rings. The molecule has 0 bridgehead atoms. The zero-order valence-electron chi connectivity index (χ0n) is 27.2. The first-order chi connectivity index (χ1) is 22.6. The molecular formula is C41H38N2O4. The number of hydrogen-bond donors (Lipinski definition) is 0. The summed E-state index contributed by atoms with van der Waals surface area (Å²) in [6, 6.07) is 40.4. The van der Waals surface area contributed by atoms with Gasteiger partial charge in [-0.25, -0.2) is 9.59 Å². The van der Waals surface area contributed by atoms with Gasteiger partial charge in [0.05, 0.1) is 0 Å². The van der Waals surface area contributed by atoms with Crippen LogP contribution in [0.1, 0.15) is 19.4 Å². The van der Waals surface area contributed by atoms with Crippen molar-refractivity contribution in [2.45, 2.75) is 20.4 Å². The van der Waals surface area contributed by atoms with Gasteiger partial charge in [0.2, 0.25) is 0 Å². The zero-order chi connectivity index (χ0) is 33.5. The van der Waals surface area contributed by atoms with Gasteiger partial charge >= 0.3 is 11.9 Å². The average Bonchev–Trinajstić information content (AvgIpc) is 3.08. The van der Waals surface area contributed by atoms with Gasteiger partial charge in [0, 0.05) is 48.8 Å². The highest BCUT2D eigenvalue weighted by Gasteiger charge is 2.13. The van der Waals surface area contributed by atoms with Gasteiger partial charge in [-0.2, -0.15) is 0 Å². The predicted octanol–water partition coefficient (Wildman–Crippen LogP) is 9.39. The number of benzene rings is 5. The molecule has 0 unspecified atom stereocenters. The van der Waals surface area contributed by atoms with Crippen molar-refractivity contribution in [3.05, 3.63) is 151 Å². The Hall–Kier alpha value is -5.88. The van der Waals surface area contributed by atoms with Gasteiger partial charge in [0.15, 0.2) is 0 Å². The van der Waals surface area contributed by atoms with Gasteiger partial charge in [-0.1, -0.05) is 73.8 Å². The van der Waals surface area contributed by atoms with Gasteiger partial charge in [0.1, 0.15) is 11.5 Å². The van der Waals surface area contributed by atoms with Crippen molar-refractivity contribution < 1.29 is 19.1 Å². The van der Waals surface area contributed by atoms with Crippen LogP contribution in [0.25, 0.3) is 22.3 Å². The SMILES string of the molecule is C=C(C)C(=O)Oc1ccc(-c2ccc(N(Cc3cccc(N(C)C)c3)c3ccc(-c4ccc(OC(=O)C(=C)C)cc4)cc3)cc2)cc1. The minimum atomic E-state index is -0.439. The summed E-state index contributed by atoms with van der Waals surface area (Å²) >= 11 is 0. The number of nitrogens with zero attached hydrogens (tertiary/aromatic N) is 2. The van der Waals surface area contributed by atoms with Crippen LogP contribution < -0.4 is 19.3 Å². The molecule has 0 amide bonds. The molecule has 47 heavy (non-hydrogen) atoms. The summed E-state index contributed by atoms with van der Waals surface area (Å²) in [6.07, 6.45) is 0. The summed E-state index contributed by atoms with van der Waals surface area (Å²) in [6.45, 7) is 11.2. The highest BCUT2D eigenvalue weighted by molar-refractivity contribution is 5.89. The molecule has 5 rings (SSSR count). The lowest BCUT2D eigenvalue weighted by Gasteiger charge is -2.26. The van der Waals surface area contributed by atoms with E-state index in [1.165, 1.54) is 5.56 Å². The fourth-order valence-electron chi connectivity index (χ4n) is 4.93. The van der Waals surface area contributed by atoms with E-state index in [4.69, 9.17) is 9.47 Å². The second-order valence-electron chi connectivity index (χ2n) is 11.6. The molecular weight excluding hydrogens is 584 g/mol. The summed E-state index contributed by atoms with van der Waals surface area (Å²) in [5, 5.41) is 0. The zero-order valence-corrected chi connectivity index (χ0v) is 27.2. The Kier molecular flexibility index (Phi) is 10.0. The van der Waals surface area contributed by atoms with E-state index in [1.54, 1.807) is 38.1 Å². The van der Waals surface area contributed by atoms with Crippen LogP contribution in [0.4, 0.5) is 17.1 Å². The van der Waals surface area contributed by atoms with Crippen LogP contribution in [0.5, 0.6) is 11.5 Å². The van der Waals surface area contributed by atoms with Crippen LogP contribution in [-0.4, -0.2) is 26.0 Å². The average molecular weight is 623 g/mol. The van der Waals surface area contributed by atoms with Gasteiger partial charge < -0.3 is 19.3 Å². The van der Waals surface area contributed by atoms with E-state index in [0.717, 1.165) is 39.3 Å². The summed E-state index contributed by atoms with van der Waals surface area (Å²) in [4.78, 5) is 28.1. The van der Waals surface area contributed by atoms with Crippen molar-refractivity contribution in [1.82, 2.24) is 0 Å². The molecule has 0 heterocycles. The van der Waals surface area contributed by atoms with E-state index in [-0.39, 0.29) is 0 Å². The topological polar surface area (TPSA) is 59.1 Å². The third-order valence-electron chi connectivity index (χ3n) is 7.62. The molecule has 0 N–H and O–H groups in total. The maximum absolute atomic E-state index is 11.9. The highest BCUT2D eigenvalue weighted by atomic mass is 16.5. The van der Waals surface area contributed by atoms with E-state index in [1.807, 2.05) is 38.4 Å². The number of esters is 2. The third kappa shape index (κ3) is 8.24. The fraction of sp³-hybridized carbons (Fsp3) is 0.122. The second-order valence-corrected chi connectivity index (χ2v) is 11.6. The third-order valence-corrected chi connectivity index (χ3v) is 7.62. The van der Waals surface area contributed by atoms with Crippen LogP contribution in [0.2, 0.25) is 0 Å². The highest BCUT2D eigenvalue weighted by Crippen LogP contribution is 2.33. The largest absolute Gasteiger partial charge is 0.423 e. The monoisotopic (exact) mass is 622 g/mol. The molecule has 0 aliphatic heterocycles. The van der Waals surface area contributed by atoms with E-state index < -0.39 is 11.9 Å². The first-order valence-electron chi connectivity index (χ1n) is 15.3. The van der Waals surface area contributed by atoms with Gasteiger partial charge in [-0.05, 0) is 102 Å². The molecule has 0 atom stereocenters. The molecule has 0 aliphatic carbocycles. The molecule has 0 saturated carbocycles. The maximum Gasteiger partial charge on any atom is 0.338 e. The summed E-state index contributed by atoms with van der Waals surface area (Å²) in [5.74, 6) is 0.0851. The van der Waals surface area contributed by atoms with Crippen LogP contribution in [0.15, 0.2) is 146 Å². The van der Waals surface area contributed by atoms with Crippen molar-refractivity contribution in [1.29, 1.82) is 0 Å². The molecule has 6 heteroatoms. The van der Waals surface area contributed by atoms with Crippen molar-refractivity contribution >= 4 is 29.0 Å². The molecule has 0 fully saturated rings. The normalized spacial score (nSPS) is 10.6. The first kappa shape index (κ1) is 32.5. The number of ether oxygens (including phenoxy) is 2.